The molecule has 36 heavy (non-hydrogen) atoms. The summed E-state index contributed by atoms with van der Waals surface area (Å²) in [5.74, 6) is -2.22. The van der Waals surface area contributed by atoms with Gasteiger partial charge in [0.1, 0.15) is 0 Å². The monoisotopic (exact) mass is 502 g/mol. The zero-order chi connectivity index (χ0) is 26.9. The van der Waals surface area contributed by atoms with Gasteiger partial charge in [-0.1, -0.05) is 62.8 Å². The van der Waals surface area contributed by atoms with Gasteiger partial charge in [-0.2, -0.15) is 0 Å². The zero-order valence-electron chi connectivity index (χ0n) is 22.1. The third-order valence-corrected chi connectivity index (χ3v) is 7.08. The molecule has 0 unspecified atom stereocenters. The van der Waals surface area contributed by atoms with Crippen LogP contribution in [0.25, 0.3) is 0 Å². The van der Waals surface area contributed by atoms with Gasteiger partial charge in [-0.3, -0.25) is 0 Å². The van der Waals surface area contributed by atoms with Crippen molar-refractivity contribution >= 4 is 11.9 Å². The molecule has 2 aliphatic heterocycles. The number of aliphatic hydroxyl groups is 1. The first-order valence-electron chi connectivity index (χ1n) is 12.8. The molecule has 7 atom stereocenters. The van der Waals surface area contributed by atoms with Crippen molar-refractivity contribution in [1.29, 1.82) is 0 Å². The number of allylic oxidation sites excluding steroid dienone is 4. The van der Waals surface area contributed by atoms with Gasteiger partial charge in [0, 0.05) is 30.9 Å². The van der Waals surface area contributed by atoms with E-state index in [9.17, 15) is 14.7 Å². The summed E-state index contributed by atoms with van der Waals surface area (Å²) in [7, 11) is 0. The van der Waals surface area contributed by atoms with Crippen LogP contribution in [0.15, 0.2) is 59.8 Å². The molecule has 0 aromatic heterocycles. The first kappa shape index (κ1) is 29.7. The van der Waals surface area contributed by atoms with Gasteiger partial charge in [0.15, 0.2) is 5.79 Å². The molecule has 7 heteroatoms. The number of aliphatic hydroxyl groups excluding tert-OH is 1. The summed E-state index contributed by atoms with van der Waals surface area (Å²) in [4.78, 5) is 21.5. The maximum absolute atomic E-state index is 10.9. The van der Waals surface area contributed by atoms with Gasteiger partial charge in [-0.15, -0.1) is 0 Å². The summed E-state index contributed by atoms with van der Waals surface area (Å²) in [5, 5.41) is 27.9. The third kappa shape index (κ3) is 9.52. The Bertz CT molecular complexity index is 909. The standard InChI is InChI=1S/C29H42O7/c1-19(6-10-24(30)21(3)9-13-27(31)32)7-11-25-22(4)14-16-29(35-25)17-15-23(5)26(36-29)12-8-20(2)18-28(33)34/h6-10,12-13,18,21-26,30H,11,14-17H2,1-5H3,(H,31,32)(H,33,34)/b10-6+,12-8+,13-9+,19-7+,20-18+/t21-,22-,23+,24-,25+,26+,29-/m0/s1. The van der Waals surface area contributed by atoms with Gasteiger partial charge in [-0.05, 0) is 50.5 Å². The molecule has 7 nitrogen and oxygen atoms in total. The van der Waals surface area contributed by atoms with E-state index in [0.717, 1.165) is 43.8 Å². The predicted molar refractivity (Wildman–Crippen MR) is 139 cm³/mol. The second-order valence-electron chi connectivity index (χ2n) is 10.4. The number of carboxylic acid groups (broad SMARTS) is 2. The van der Waals surface area contributed by atoms with E-state index < -0.39 is 23.8 Å². The molecule has 2 saturated heterocycles. The SMILES string of the molecule is CC(/C=C/[C@H](O)[C@@H](C)/C=C/C(=O)O)=C\C[C@H]1O[C@@]2(CC[C@@H](C)[C@@H](/C=C/C(C)=C/C(=O)O)O2)CC[C@@H]1C. The predicted octanol–water partition coefficient (Wildman–Crippen LogP) is 5.43. The summed E-state index contributed by atoms with van der Waals surface area (Å²) in [6.07, 6.45) is 16.6. The molecule has 0 saturated carbocycles. The van der Waals surface area contributed by atoms with Gasteiger partial charge in [-0.25, -0.2) is 9.59 Å². The first-order chi connectivity index (χ1) is 16.9. The molecule has 0 aromatic carbocycles. The highest BCUT2D eigenvalue weighted by atomic mass is 16.7. The van der Waals surface area contributed by atoms with E-state index in [1.165, 1.54) is 12.2 Å². The van der Waals surface area contributed by atoms with Crippen LogP contribution in [-0.2, 0) is 19.1 Å². The molecule has 3 N–H and O–H groups in total. The molecule has 2 rings (SSSR count). The lowest BCUT2D eigenvalue weighted by molar-refractivity contribution is -0.323. The molecule has 0 bridgehead atoms. The fourth-order valence-electron chi connectivity index (χ4n) is 4.53. The molecule has 2 aliphatic rings. The van der Waals surface area contributed by atoms with Gasteiger partial charge in [0.05, 0.1) is 18.3 Å². The van der Waals surface area contributed by atoms with Crippen molar-refractivity contribution in [3.05, 3.63) is 59.8 Å². The summed E-state index contributed by atoms with van der Waals surface area (Å²) in [6.45, 7) is 9.84. The van der Waals surface area contributed by atoms with Crippen molar-refractivity contribution in [2.75, 3.05) is 0 Å². The van der Waals surface area contributed by atoms with Crippen molar-refractivity contribution < 1.29 is 34.4 Å². The van der Waals surface area contributed by atoms with Crippen LogP contribution in [0.3, 0.4) is 0 Å². The van der Waals surface area contributed by atoms with E-state index in [2.05, 4.69) is 19.9 Å². The number of carbonyl (C=O) groups is 2. The lowest BCUT2D eigenvalue weighted by Gasteiger charge is -2.49. The van der Waals surface area contributed by atoms with Crippen molar-refractivity contribution in [3.8, 4) is 0 Å². The molecule has 2 fully saturated rings. The zero-order valence-corrected chi connectivity index (χ0v) is 22.1. The van der Waals surface area contributed by atoms with E-state index in [0.29, 0.717) is 17.4 Å². The molecule has 0 aromatic rings. The normalized spacial score (nSPS) is 31.9. The Kier molecular flexibility index (Phi) is 11.3. The average Bonchev–Trinajstić information content (AvgIpc) is 2.81. The highest BCUT2D eigenvalue weighted by Gasteiger charge is 2.45. The molecule has 2 heterocycles. The summed E-state index contributed by atoms with van der Waals surface area (Å²) in [5.41, 5.74) is 1.67. The van der Waals surface area contributed by atoms with E-state index in [4.69, 9.17) is 19.7 Å². The van der Waals surface area contributed by atoms with Gasteiger partial charge < -0.3 is 24.8 Å². The number of ether oxygens (including phenoxy) is 2. The Morgan fingerprint density at radius 2 is 1.61 bits per heavy atom. The highest BCUT2D eigenvalue weighted by molar-refractivity contribution is 5.81. The summed E-state index contributed by atoms with van der Waals surface area (Å²) >= 11 is 0. The number of hydrogen-bond donors (Lipinski definition) is 3. The Morgan fingerprint density at radius 3 is 2.25 bits per heavy atom. The lowest BCUT2D eigenvalue weighted by Crippen LogP contribution is -2.51. The van der Waals surface area contributed by atoms with E-state index >= 15 is 0 Å². The largest absolute Gasteiger partial charge is 0.478 e. The summed E-state index contributed by atoms with van der Waals surface area (Å²) in [6, 6.07) is 0. The maximum atomic E-state index is 10.9. The number of rotatable bonds is 10. The Balaban J connectivity index is 2.01. The van der Waals surface area contributed by atoms with Crippen LogP contribution in [-0.4, -0.2) is 51.4 Å². The third-order valence-electron chi connectivity index (χ3n) is 7.08. The average molecular weight is 503 g/mol. The van der Waals surface area contributed by atoms with Crippen LogP contribution in [0.1, 0.15) is 66.7 Å². The molecule has 200 valence electrons. The van der Waals surface area contributed by atoms with E-state index in [1.54, 1.807) is 19.9 Å². The minimum absolute atomic E-state index is 0.0103. The molecule has 0 aliphatic carbocycles. The molecular formula is C29H42O7. The smallest absolute Gasteiger partial charge is 0.328 e. The minimum atomic E-state index is -1.03. The minimum Gasteiger partial charge on any atom is -0.478 e. The molecule has 0 amide bonds. The van der Waals surface area contributed by atoms with Crippen molar-refractivity contribution in [1.82, 2.24) is 0 Å². The fourth-order valence-corrected chi connectivity index (χ4v) is 4.53. The molecule has 0 radical (unpaired) electrons. The highest BCUT2D eigenvalue weighted by Crippen LogP contribution is 2.43. The molecule has 1 spiro atoms. The van der Waals surface area contributed by atoms with Crippen molar-refractivity contribution in [2.45, 2.75) is 90.8 Å². The Labute approximate surface area is 214 Å². The summed E-state index contributed by atoms with van der Waals surface area (Å²) < 4.78 is 13.1. The fraction of sp³-hybridized carbons (Fsp3) is 0.586. The second kappa shape index (κ2) is 13.7. The number of carboxylic acids is 2. The first-order valence-corrected chi connectivity index (χ1v) is 12.8. The van der Waals surface area contributed by atoms with Gasteiger partial charge in [0.25, 0.3) is 0 Å². The van der Waals surface area contributed by atoms with Crippen LogP contribution >= 0.6 is 0 Å². The number of hydrogen-bond acceptors (Lipinski definition) is 5. The van der Waals surface area contributed by atoms with Crippen LogP contribution in [0.5, 0.6) is 0 Å². The lowest BCUT2D eigenvalue weighted by atomic mass is 9.83. The van der Waals surface area contributed by atoms with Crippen LogP contribution in [0, 0.1) is 17.8 Å². The van der Waals surface area contributed by atoms with E-state index in [-0.39, 0.29) is 18.1 Å². The van der Waals surface area contributed by atoms with Crippen molar-refractivity contribution in [2.24, 2.45) is 17.8 Å². The maximum Gasteiger partial charge on any atom is 0.328 e. The van der Waals surface area contributed by atoms with Crippen LogP contribution < -0.4 is 0 Å². The quantitative estimate of drug-likeness (QED) is 0.270. The van der Waals surface area contributed by atoms with Gasteiger partial charge in [0.2, 0.25) is 0 Å². The van der Waals surface area contributed by atoms with Gasteiger partial charge >= 0.3 is 11.9 Å². The Hall–Kier alpha value is -2.48. The molecular weight excluding hydrogens is 460 g/mol. The second-order valence-corrected chi connectivity index (χ2v) is 10.4. The van der Waals surface area contributed by atoms with Crippen LogP contribution in [0.2, 0.25) is 0 Å². The van der Waals surface area contributed by atoms with Crippen LogP contribution in [0.4, 0.5) is 0 Å². The van der Waals surface area contributed by atoms with Crippen molar-refractivity contribution in [3.63, 3.8) is 0 Å². The van der Waals surface area contributed by atoms with E-state index in [1.807, 2.05) is 25.2 Å². The Morgan fingerprint density at radius 1 is 0.944 bits per heavy atom. The topological polar surface area (TPSA) is 113 Å². The number of aliphatic carboxylic acids is 2.